The maximum absolute atomic E-state index is 13.6. The van der Waals surface area contributed by atoms with Crippen molar-refractivity contribution in [3.8, 4) is 0 Å². The van der Waals surface area contributed by atoms with E-state index in [0.29, 0.717) is 12.5 Å². The van der Waals surface area contributed by atoms with E-state index in [4.69, 9.17) is 5.73 Å². The molecule has 0 saturated heterocycles. The van der Waals surface area contributed by atoms with Crippen molar-refractivity contribution < 1.29 is 4.39 Å². The van der Waals surface area contributed by atoms with Crippen molar-refractivity contribution in [1.82, 2.24) is 0 Å². The van der Waals surface area contributed by atoms with Gasteiger partial charge in [0.15, 0.2) is 0 Å². The molecule has 14 heavy (non-hydrogen) atoms. The van der Waals surface area contributed by atoms with E-state index in [1.165, 1.54) is 6.07 Å². The first-order chi connectivity index (χ1) is 6.58. The van der Waals surface area contributed by atoms with Gasteiger partial charge in [0.2, 0.25) is 0 Å². The third kappa shape index (κ3) is 1.48. The smallest absolute Gasteiger partial charge is 0.128 e. The van der Waals surface area contributed by atoms with Crippen LogP contribution in [0.15, 0.2) is 22.7 Å². The van der Waals surface area contributed by atoms with E-state index < -0.39 is 0 Å². The molecule has 0 radical (unpaired) electrons. The van der Waals surface area contributed by atoms with E-state index in [2.05, 4.69) is 22.9 Å². The Morgan fingerprint density at radius 3 is 2.86 bits per heavy atom. The van der Waals surface area contributed by atoms with Crippen molar-refractivity contribution in [1.29, 1.82) is 0 Å². The molecule has 0 amide bonds. The molecule has 1 nitrogen and oxygen atoms in total. The third-order valence-corrected chi connectivity index (χ3v) is 3.74. The van der Waals surface area contributed by atoms with Gasteiger partial charge in [-0.25, -0.2) is 4.39 Å². The Labute approximate surface area is 91.6 Å². The summed E-state index contributed by atoms with van der Waals surface area (Å²) in [6.07, 6.45) is 1.00. The Kier molecular flexibility index (Phi) is 2.40. The molecule has 76 valence electrons. The molecule has 2 atom stereocenters. The molecule has 0 heterocycles. The number of rotatable bonds is 2. The van der Waals surface area contributed by atoms with Crippen LogP contribution < -0.4 is 5.73 Å². The second-order valence-corrected chi connectivity index (χ2v) is 5.09. The number of hydrogen-bond acceptors (Lipinski definition) is 1. The zero-order chi connectivity index (χ0) is 10.3. The molecular weight excluding hydrogens is 245 g/mol. The molecule has 2 N–H and O–H groups in total. The summed E-state index contributed by atoms with van der Waals surface area (Å²) < 4.78 is 14.4. The van der Waals surface area contributed by atoms with Gasteiger partial charge >= 0.3 is 0 Å². The van der Waals surface area contributed by atoms with Gasteiger partial charge in [-0.2, -0.15) is 0 Å². The summed E-state index contributed by atoms with van der Waals surface area (Å²) in [6, 6.07) is 5.26. The van der Waals surface area contributed by atoms with Crippen molar-refractivity contribution in [2.75, 3.05) is 6.54 Å². The predicted octanol–water partition coefficient (Wildman–Crippen LogP) is 2.82. The van der Waals surface area contributed by atoms with Gasteiger partial charge in [0, 0.05) is 4.47 Å². The summed E-state index contributed by atoms with van der Waals surface area (Å²) in [6.45, 7) is 2.73. The Hall–Kier alpha value is -0.410. The van der Waals surface area contributed by atoms with Crippen molar-refractivity contribution in [3.05, 3.63) is 34.1 Å². The van der Waals surface area contributed by atoms with Crippen molar-refractivity contribution in [2.45, 2.75) is 18.8 Å². The minimum Gasteiger partial charge on any atom is -0.330 e. The normalized spacial score (nSPS) is 30.4. The molecule has 1 aromatic carbocycles. The number of halogens is 2. The maximum atomic E-state index is 13.6. The Morgan fingerprint density at radius 2 is 2.36 bits per heavy atom. The zero-order valence-electron chi connectivity index (χ0n) is 8.06. The maximum Gasteiger partial charge on any atom is 0.128 e. The van der Waals surface area contributed by atoms with E-state index in [9.17, 15) is 4.39 Å². The van der Waals surface area contributed by atoms with E-state index in [-0.39, 0.29) is 11.2 Å². The summed E-state index contributed by atoms with van der Waals surface area (Å²) in [7, 11) is 0. The standard InChI is InChI=1S/C11H13BrFN/c1-11(5-7(11)6-14)9-3-2-8(12)4-10(9)13/h2-4,7H,5-6,14H2,1H3. The van der Waals surface area contributed by atoms with Crippen molar-refractivity contribution in [3.63, 3.8) is 0 Å². The van der Waals surface area contributed by atoms with Crippen molar-refractivity contribution >= 4 is 15.9 Å². The first-order valence-corrected chi connectivity index (χ1v) is 5.53. The van der Waals surface area contributed by atoms with Gasteiger partial charge in [-0.15, -0.1) is 0 Å². The summed E-state index contributed by atoms with van der Waals surface area (Å²) in [5.41, 5.74) is 6.37. The highest BCUT2D eigenvalue weighted by atomic mass is 79.9. The molecule has 1 aliphatic rings. The zero-order valence-corrected chi connectivity index (χ0v) is 9.64. The van der Waals surface area contributed by atoms with Gasteiger partial charge in [0.25, 0.3) is 0 Å². The number of hydrogen-bond donors (Lipinski definition) is 1. The van der Waals surface area contributed by atoms with Gasteiger partial charge < -0.3 is 5.73 Å². The lowest BCUT2D eigenvalue weighted by Crippen LogP contribution is -2.13. The molecule has 1 saturated carbocycles. The van der Waals surface area contributed by atoms with Gasteiger partial charge in [-0.3, -0.25) is 0 Å². The van der Waals surface area contributed by atoms with E-state index in [1.807, 2.05) is 12.1 Å². The average molecular weight is 258 g/mol. The number of nitrogens with two attached hydrogens (primary N) is 1. The van der Waals surface area contributed by atoms with Crippen LogP contribution in [-0.2, 0) is 5.41 Å². The lowest BCUT2D eigenvalue weighted by atomic mass is 9.95. The highest BCUT2D eigenvalue weighted by Crippen LogP contribution is 2.54. The van der Waals surface area contributed by atoms with E-state index >= 15 is 0 Å². The minimum absolute atomic E-state index is 0.0282. The second-order valence-electron chi connectivity index (χ2n) is 4.18. The van der Waals surface area contributed by atoms with Crippen LogP contribution >= 0.6 is 15.9 Å². The topological polar surface area (TPSA) is 26.0 Å². The fourth-order valence-corrected chi connectivity index (χ4v) is 2.41. The summed E-state index contributed by atoms with van der Waals surface area (Å²) in [5, 5.41) is 0. The van der Waals surface area contributed by atoms with Gasteiger partial charge in [-0.1, -0.05) is 28.9 Å². The first-order valence-electron chi connectivity index (χ1n) is 4.73. The lowest BCUT2D eigenvalue weighted by Gasteiger charge is -2.12. The molecule has 1 aliphatic carbocycles. The molecule has 0 aromatic heterocycles. The van der Waals surface area contributed by atoms with Gasteiger partial charge in [0.1, 0.15) is 5.82 Å². The summed E-state index contributed by atoms with van der Waals surface area (Å²) in [4.78, 5) is 0. The third-order valence-electron chi connectivity index (χ3n) is 3.24. The molecule has 1 aromatic rings. The molecule has 3 heteroatoms. The molecular formula is C11H13BrFN. The average Bonchev–Trinajstić information content (AvgIpc) is 2.77. The summed E-state index contributed by atoms with van der Waals surface area (Å²) >= 11 is 3.25. The van der Waals surface area contributed by atoms with Crippen LogP contribution in [0.1, 0.15) is 18.9 Å². The largest absolute Gasteiger partial charge is 0.330 e. The second kappa shape index (κ2) is 3.31. The monoisotopic (exact) mass is 257 g/mol. The molecule has 0 spiro atoms. The quantitative estimate of drug-likeness (QED) is 0.867. The predicted molar refractivity (Wildman–Crippen MR) is 58.6 cm³/mol. The molecule has 0 aliphatic heterocycles. The molecule has 0 bridgehead atoms. The SMILES string of the molecule is CC1(c2ccc(Br)cc2F)CC1CN. The van der Waals surface area contributed by atoms with Crippen molar-refractivity contribution in [2.24, 2.45) is 11.7 Å². The van der Waals surface area contributed by atoms with Crippen LogP contribution in [0.3, 0.4) is 0 Å². The molecule has 2 rings (SSSR count). The number of benzene rings is 1. The Bertz CT molecular complexity index is 366. The van der Waals surface area contributed by atoms with Crippen LogP contribution in [0.25, 0.3) is 0 Å². The van der Waals surface area contributed by atoms with Gasteiger partial charge in [0.05, 0.1) is 0 Å². The fourth-order valence-electron chi connectivity index (χ4n) is 2.08. The van der Waals surface area contributed by atoms with Crippen LogP contribution in [-0.4, -0.2) is 6.54 Å². The van der Waals surface area contributed by atoms with Gasteiger partial charge in [-0.05, 0) is 42.0 Å². The van der Waals surface area contributed by atoms with E-state index in [0.717, 1.165) is 16.5 Å². The van der Waals surface area contributed by atoms with Crippen LogP contribution in [0, 0.1) is 11.7 Å². The van der Waals surface area contributed by atoms with Crippen LogP contribution in [0.5, 0.6) is 0 Å². The highest BCUT2D eigenvalue weighted by molar-refractivity contribution is 9.10. The molecule has 2 unspecified atom stereocenters. The van der Waals surface area contributed by atoms with E-state index in [1.54, 1.807) is 0 Å². The highest BCUT2D eigenvalue weighted by Gasteiger charge is 2.51. The minimum atomic E-state index is -0.127. The fraction of sp³-hybridized carbons (Fsp3) is 0.455. The van der Waals surface area contributed by atoms with Crippen LogP contribution in [0.2, 0.25) is 0 Å². The summed E-state index contributed by atoms with van der Waals surface area (Å²) in [5.74, 6) is 0.316. The Balaban J connectivity index is 2.34. The molecule has 1 fully saturated rings. The Morgan fingerprint density at radius 1 is 1.64 bits per heavy atom. The first kappa shape index (κ1) is 10.1. The lowest BCUT2D eigenvalue weighted by molar-refractivity contribution is 0.565. The van der Waals surface area contributed by atoms with Crippen LogP contribution in [0.4, 0.5) is 4.39 Å².